The molecule has 41 heavy (non-hydrogen) atoms. The Labute approximate surface area is 221 Å². The first-order valence-electron chi connectivity index (χ1n) is 10.8. The van der Waals surface area contributed by atoms with Crippen LogP contribution in [0.1, 0.15) is 32.6 Å². The SMILES string of the molecule is CCCCCC[O][Sn]([CH2]C(F)(F)C(F)(F)C(F)(F)F)([CH2]C(F)(F)C(F)(F)C(F)(F)F)[CH2]C(F)(F)C(F)(F)C(F)(F)F. The number of hydrogen-bond acceptors (Lipinski definition) is 1. The molecule has 0 radical (unpaired) electrons. The third-order valence-corrected chi connectivity index (χ3v) is 17.1. The van der Waals surface area contributed by atoms with E-state index >= 15 is 0 Å². The third-order valence-electron chi connectivity index (χ3n) is 5.48. The summed E-state index contributed by atoms with van der Waals surface area (Å²) in [6, 6.07) is 0. The van der Waals surface area contributed by atoms with Crippen molar-refractivity contribution in [2.24, 2.45) is 0 Å². The zero-order valence-electron chi connectivity index (χ0n) is 20.0. The Bertz CT molecular complexity index is 743. The predicted molar refractivity (Wildman–Crippen MR) is 98.1 cm³/mol. The Hall–Kier alpha value is -0.711. The van der Waals surface area contributed by atoms with Crippen LogP contribution in [0.25, 0.3) is 0 Å². The quantitative estimate of drug-likeness (QED) is 0.0916. The summed E-state index contributed by atoms with van der Waals surface area (Å²) in [5, 5.41) is 0. The zero-order chi connectivity index (χ0) is 33.4. The molecule has 0 aliphatic heterocycles. The molecule has 23 heteroatoms. The average Bonchev–Trinajstić information content (AvgIpc) is 2.69. The van der Waals surface area contributed by atoms with Gasteiger partial charge in [-0.05, 0) is 0 Å². The van der Waals surface area contributed by atoms with E-state index in [1.54, 1.807) is 0 Å². The molecular formula is C18H19F21OSn. The van der Waals surface area contributed by atoms with Crippen molar-refractivity contribution >= 4 is 18.8 Å². The summed E-state index contributed by atoms with van der Waals surface area (Å²) in [5.74, 6) is -43.4. The van der Waals surface area contributed by atoms with Gasteiger partial charge >= 0.3 is 221 Å². The number of alkyl halides is 21. The summed E-state index contributed by atoms with van der Waals surface area (Å²) >= 11 is -8.59. The fraction of sp³-hybridized carbons (Fsp3) is 1.00. The minimum atomic E-state index is -8.59. The first-order chi connectivity index (χ1) is 17.7. The van der Waals surface area contributed by atoms with Crippen LogP contribution in [0.2, 0.25) is 13.3 Å². The van der Waals surface area contributed by atoms with Gasteiger partial charge in [0.1, 0.15) is 0 Å². The maximum atomic E-state index is 14.2. The van der Waals surface area contributed by atoms with Crippen molar-refractivity contribution in [1.82, 2.24) is 0 Å². The first kappa shape index (κ1) is 40.3. The van der Waals surface area contributed by atoms with Crippen molar-refractivity contribution in [1.29, 1.82) is 0 Å². The number of rotatable bonds is 15. The van der Waals surface area contributed by atoms with Gasteiger partial charge in [0.25, 0.3) is 0 Å². The maximum absolute atomic E-state index is 14.2. The summed E-state index contributed by atoms with van der Waals surface area (Å²) in [6.07, 6.45) is -22.9. The summed E-state index contributed by atoms with van der Waals surface area (Å²) in [4.78, 5) is 0. The summed E-state index contributed by atoms with van der Waals surface area (Å²) in [5.41, 5.74) is 0. The van der Waals surface area contributed by atoms with Gasteiger partial charge in [-0.2, -0.15) is 0 Å². The number of hydrogen-bond donors (Lipinski definition) is 0. The van der Waals surface area contributed by atoms with Crippen LogP contribution in [0.4, 0.5) is 92.2 Å². The standard InChI is InChI=1S/C6H13O.3C4H2F7.Sn/c1-2-3-4-5-6-7;3*1-2(5,6)3(7,8)4(9,10)11;/h2-6H2,1H3;3*1H2;/q-1;;;;+1. The average molecular weight is 769 g/mol. The van der Waals surface area contributed by atoms with Gasteiger partial charge < -0.3 is 0 Å². The van der Waals surface area contributed by atoms with Gasteiger partial charge in [0, 0.05) is 0 Å². The van der Waals surface area contributed by atoms with Gasteiger partial charge in [-0.25, -0.2) is 0 Å². The molecule has 0 atom stereocenters. The second-order valence-corrected chi connectivity index (χ2v) is 19.6. The Kier molecular flexibility index (Phi) is 12.1. The molecule has 0 aliphatic carbocycles. The van der Waals surface area contributed by atoms with Gasteiger partial charge in [0.15, 0.2) is 0 Å². The molecule has 0 heterocycles. The fourth-order valence-corrected chi connectivity index (χ4v) is 15.7. The second kappa shape index (κ2) is 12.4. The van der Waals surface area contributed by atoms with Gasteiger partial charge in [-0.3, -0.25) is 0 Å². The molecule has 0 aromatic rings. The molecular weight excluding hydrogens is 750 g/mol. The van der Waals surface area contributed by atoms with Crippen LogP contribution in [0, 0.1) is 0 Å². The molecule has 0 aromatic carbocycles. The first-order valence-corrected chi connectivity index (χ1v) is 18.0. The molecule has 1 nitrogen and oxygen atoms in total. The van der Waals surface area contributed by atoms with Gasteiger partial charge in [0.2, 0.25) is 0 Å². The Morgan fingerprint density at radius 2 is 0.683 bits per heavy atom. The van der Waals surface area contributed by atoms with E-state index in [1.165, 1.54) is 6.92 Å². The normalized spacial score (nSPS) is 16.0. The van der Waals surface area contributed by atoms with Crippen molar-refractivity contribution in [3.05, 3.63) is 0 Å². The molecule has 0 saturated carbocycles. The molecule has 0 bridgehead atoms. The van der Waals surface area contributed by atoms with E-state index in [-0.39, 0.29) is 19.3 Å². The van der Waals surface area contributed by atoms with Crippen molar-refractivity contribution in [2.75, 3.05) is 6.61 Å². The van der Waals surface area contributed by atoms with Gasteiger partial charge in [0.05, 0.1) is 0 Å². The Morgan fingerprint density at radius 3 is 0.902 bits per heavy atom. The molecule has 0 rings (SSSR count). The van der Waals surface area contributed by atoms with Crippen LogP contribution in [0.5, 0.6) is 0 Å². The molecule has 0 aromatic heterocycles. The van der Waals surface area contributed by atoms with E-state index in [4.69, 9.17) is 0 Å². The van der Waals surface area contributed by atoms with E-state index in [1.807, 2.05) is 0 Å². The van der Waals surface area contributed by atoms with Crippen molar-refractivity contribution in [3.8, 4) is 0 Å². The van der Waals surface area contributed by atoms with E-state index in [0.29, 0.717) is 0 Å². The van der Waals surface area contributed by atoms with Crippen molar-refractivity contribution in [3.63, 3.8) is 0 Å². The topological polar surface area (TPSA) is 9.23 Å². The third kappa shape index (κ3) is 8.69. The Balaban J connectivity index is 7.38. The van der Waals surface area contributed by atoms with Crippen LogP contribution in [-0.2, 0) is 3.07 Å². The summed E-state index contributed by atoms with van der Waals surface area (Å²) in [7, 11) is 0. The molecule has 0 aliphatic rings. The molecule has 0 fully saturated rings. The minimum absolute atomic E-state index is 0.0682. The monoisotopic (exact) mass is 770 g/mol. The van der Waals surface area contributed by atoms with E-state index in [9.17, 15) is 92.2 Å². The van der Waals surface area contributed by atoms with Crippen LogP contribution in [-0.4, -0.2) is 79.5 Å². The van der Waals surface area contributed by atoms with Crippen LogP contribution in [0.3, 0.4) is 0 Å². The Morgan fingerprint density at radius 1 is 0.415 bits per heavy atom. The molecule has 0 spiro atoms. The van der Waals surface area contributed by atoms with Crippen LogP contribution < -0.4 is 0 Å². The van der Waals surface area contributed by atoms with Crippen molar-refractivity contribution in [2.45, 2.75) is 100.0 Å². The van der Waals surface area contributed by atoms with Crippen LogP contribution in [0.15, 0.2) is 0 Å². The van der Waals surface area contributed by atoms with E-state index in [2.05, 4.69) is 3.07 Å². The number of halogens is 21. The molecule has 0 amide bonds. The predicted octanol–water partition coefficient (Wildman–Crippen LogP) is 10.0. The van der Waals surface area contributed by atoms with Gasteiger partial charge in [-0.15, -0.1) is 0 Å². The zero-order valence-corrected chi connectivity index (χ0v) is 22.9. The van der Waals surface area contributed by atoms with E-state index < -0.39 is 99.2 Å². The number of unbranched alkanes of at least 4 members (excludes halogenated alkanes) is 3. The van der Waals surface area contributed by atoms with Crippen LogP contribution >= 0.6 is 0 Å². The summed E-state index contributed by atoms with van der Waals surface area (Å²) in [6.45, 7) is -0.172. The molecule has 0 saturated heterocycles. The second-order valence-electron chi connectivity index (χ2n) is 8.95. The molecule has 0 unspecified atom stereocenters. The van der Waals surface area contributed by atoms with Crippen molar-refractivity contribution < 1.29 is 95.3 Å². The summed E-state index contributed by atoms with van der Waals surface area (Å²) < 4.78 is 272. The molecule has 248 valence electrons. The van der Waals surface area contributed by atoms with E-state index in [0.717, 1.165) is 0 Å². The van der Waals surface area contributed by atoms with Gasteiger partial charge in [-0.1, -0.05) is 0 Å². The fourth-order valence-electron chi connectivity index (χ4n) is 3.33. The molecule has 0 N–H and O–H groups in total.